The van der Waals surface area contributed by atoms with E-state index in [2.05, 4.69) is 0 Å². The molecule has 1 aliphatic carbocycles. The largest absolute Gasteiger partial charge is 0.289 e. The number of carbonyl (C=O) groups is 1. The predicted octanol–water partition coefficient (Wildman–Crippen LogP) is 2.00. The van der Waals surface area contributed by atoms with Crippen LogP contribution in [0.25, 0.3) is 0 Å². The molecule has 0 saturated heterocycles. The molecule has 0 bridgehead atoms. The highest BCUT2D eigenvalue weighted by Gasteiger charge is 2.33. The molecule has 1 heterocycles. The summed E-state index contributed by atoms with van der Waals surface area (Å²) in [5.74, 6) is -0.222. The van der Waals surface area contributed by atoms with E-state index >= 15 is 0 Å². The van der Waals surface area contributed by atoms with Crippen LogP contribution in [0.4, 0.5) is 11.4 Å². The number of benzene rings is 1. The number of hydroxylamine groups is 2. The van der Waals surface area contributed by atoms with E-state index in [-0.39, 0.29) is 17.2 Å². The Balaban J connectivity index is 2.17. The average molecular weight is 242 g/mol. The van der Waals surface area contributed by atoms with Crippen LogP contribution in [0.15, 0.2) is 60.0 Å². The van der Waals surface area contributed by atoms with E-state index in [1.807, 2.05) is 0 Å². The van der Waals surface area contributed by atoms with Crippen LogP contribution in [-0.2, 0) is 4.79 Å². The van der Waals surface area contributed by atoms with Crippen molar-refractivity contribution in [2.24, 2.45) is 0 Å². The third kappa shape index (κ3) is 1.38. The topological polar surface area (TPSA) is 64.0 Å². The lowest BCUT2D eigenvalue weighted by Crippen LogP contribution is -2.27. The molecule has 1 aliphatic heterocycles. The Kier molecular flexibility index (Phi) is 2.29. The van der Waals surface area contributed by atoms with Crippen LogP contribution in [0, 0.1) is 0 Å². The number of ketones is 1. The van der Waals surface area contributed by atoms with Crippen LogP contribution in [0.1, 0.15) is 0 Å². The lowest BCUT2D eigenvalue weighted by molar-refractivity contribution is -0.111. The zero-order valence-corrected chi connectivity index (χ0v) is 9.32. The summed E-state index contributed by atoms with van der Waals surface area (Å²) >= 11 is 0. The van der Waals surface area contributed by atoms with E-state index in [1.54, 1.807) is 42.5 Å². The third-order valence-electron chi connectivity index (χ3n) is 2.87. The molecule has 0 radical (unpaired) electrons. The molecular weight excluding hydrogens is 232 g/mol. The molecule has 0 spiro atoms. The maximum Gasteiger partial charge on any atom is 0.189 e. The summed E-state index contributed by atoms with van der Waals surface area (Å²) in [6.07, 6.45) is 6.22. The number of hydrogen-bond acceptors (Lipinski definition) is 5. The predicted molar refractivity (Wildman–Crippen MR) is 65.3 cm³/mol. The molecule has 1 aromatic rings. The highest BCUT2D eigenvalue weighted by molar-refractivity contribution is 6.09. The van der Waals surface area contributed by atoms with Gasteiger partial charge in [0.25, 0.3) is 0 Å². The van der Waals surface area contributed by atoms with Gasteiger partial charge in [-0.15, -0.1) is 0 Å². The van der Waals surface area contributed by atoms with Crippen molar-refractivity contribution >= 4 is 17.2 Å². The number of rotatable bonds is 0. The number of carbonyl (C=O) groups excluding carboxylic acids is 1. The van der Waals surface area contributed by atoms with Crippen LogP contribution >= 0.6 is 0 Å². The summed E-state index contributed by atoms with van der Waals surface area (Å²) in [7, 11) is 0. The summed E-state index contributed by atoms with van der Waals surface area (Å²) in [6, 6.07) is 6.78. The van der Waals surface area contributed by atoms with Gasteiger partial charge in [-0.3, -0.25) is 15.2 Å². The number of anilines is 2. The van der Waals surface area contributed by atoms with Gasteiger partial charge in [-0.05, 0) is 24.3 Å². The van der Waals surface area contributed by atoms with Gasteiger partial charge in [0.2, 0.25) is 0 Å². The van der Waals surface area contributed by atoms with Crippen molar-refractivity contribution in [3.05, 3.63) is 60.0 Å². The minimum atomic E-state index is -0.265. The van der Waals surface area contributed by atoms with Gasteiger partial charge in [0, 0.05) is 0 Å². The van der Waals surface area contributed by atoms with Crippen molar-refractivity contribution in [3.63, 3.8) is 0 Å². The molecule has 18 heavy (non-hydrogen) atoms. The van der Waals surface area contributed by atoms with E-state index < -0.39 is 0 Å². The van der Waals surface area contributed by atoms with E-state index in [0.717, 1.165) is 10.1 Å². The number of para-hydroxylation sites is 2. The second kappa shape index (κ2) is 3.83. The second-order valence-corrected chi connectivity index (χ2v) is 3.93. The SMILES string of the molecule is O=C1C=CC=CC1=C1N(O)c2ccccc2N1O. The van der Waals surface area contributed by atoms with Gasteiger partial charge >= 0.3 is 0 Å². The molecule has 0 saturated carbocycles. The Labute approximate surface area is 103 Å². The van der Waals surface area contributed by atoms with Crippen molar-refractivity contribution < 1.29 is 15.2 Å². The molecule has 2 N–H and O–H groups in total. The zero-order valence-electron chi connectivity index (χ0n) is 9.32. The van der Waals surface area contributed by atoms with Crippen LogP contribution < -0.4 is 10.1 Å². The molecule has 0 unspecified atom stereocenters. The first-order chi connectivity index (χ1) is 8.70. The number of hydrogen-bond donors (Lipinski definition) is 2. The summed E-state index contributed by atoms with van der Waals surface area (Å²) in [6.45, 7) is 0. The fraction of sp³-hybridized carbons (Fsp3) is 0. The number of nitrogens with zero attached hydrogens (tertiary/aromatic N) is 2. The molecule has 0 fully saturated rings. The fourth-order valence-electron chi connectivity index (χ4n) is 2.02. The van der Waals surface area contributed by atoms with E-state index in [1.165, 1.54) is 6.08 Å². The first-order valence-corrected chi connectivity index (χ1v) is 5.40. The van der Waals surface area contributed by atoms with Crippen molar-refractivity contribution in [2.45, 2.75) is 0 Å². The van der Waals surface area contributed by atoms with Gasteiger partial charge in [-0.2, -0.15) is 0 Å². The minimum absolute atomic E-state index is 0.0433. The van der Waals surface area contributed by atoms with E-state index in [9.17, 15) is 15.2 Å². The standard InChI is InChI=1S/C13H10N2O3/c16-12-8-4-1-5-9(12)13-14(17)10-6-2-3-7-11(10)15(13)18/h1-8,17-18H. The van der Waals surface area contributed by atoms with Gasteiger partial charge in [0.05, 0.1) is 16.9 Å². The van der Waals surface area contributed by atoms with Crippen molar-refractivity contribution in [1.82, 2.24) is 0 Å². The van der Waals surface area contributed by atoms with Gasteiger partial charge in [0.1, 0.15) is 0 Å². The third-order valence-corrected chi connectivity index (χ3v) is 2.87. The molecule has 2 aliphatic rings. The van der Waals surface area contributed by atoms with Gasteiger partial charge in [-0.1, -0.05) is 24.3 Å². The number of fused-ring (bicyclic) bond motifs is 1. The summed E-state index contributed by atoms with van der Waals surface area (Å²) in [5.41, 5.74) is 1.09. The van der Waals surface area contributed by atoms with Crippen LogP contribution in [0.5, 0.6) is 0 Å². The lowest BCUT2D eigenvalue weighted by atomic mass is 10.1. The zero-order chi connectivity index (χ0) is 12.7. The van der Waals surface area contributed by atoms with Gasteiger partial charge in [0.15, 0.2) is 11.6 Å². The molecule has 0 aromatic heterocycles. The molecule has 0 atom stereocenters. The number of allylic oxidation sites excluding steroid dienone is 5. The highest BCUT2D eigenvalue weighted by atomic mass is 16.6. The van der Waals surface area contributed by atoms with Crippen molar-refractivity contribution in [2.75, 3.05) is 10.1 Å². The molecular formula is C13H10N2O3. The highest BCUT2D eigenvalue weighted by Crippen LogP contribution is 2.40. The normalized spacial score (nSPS) is 17.8. The van der Waals surface area contributed by atoms with Gasteiger partial charge in [-0.25, -0.2) is 10.1 Å². The summed E-state index contributed by atoms with van der Waals surface area (Å²) in [5, 5.41) is 21.7. The maximum absolute atomic E-state index is 11.8. The first-order valence-electron chi connectivity index (χ1n) is 5.40. The van der Waals surface area contributed by atoms with Crippen molar-refractivity contribution in [1.29, 1.82) is 0 Å². The quantitative estimate of drug-likeness (QED) is 0.681. The Morgan fingerprint density at radius 2 is 1.44 bits per heavy atom. The Hall–Kier alpha value is -2.37. The van der Waals surface area contributed by atoms with Gasteiger partial charge < -0.3 is 0 Å². The lowest BCUT2D eigenvalue weighted by Gasteiger charge is -2.18. The van der Waals surface area contributed by atoms with Crippen LogP contribution in [-0.4, -0.2) is 16.2 Å². The van der Waals surface area contributed by atoms with E-state index in [0.29, 0.717) is 11.4 Å². The summed E-state index contributed by atoms with van der Waals surface area (Å²) in [4.78, 5) is 11.8. The maximum atomic E-state index is 11.8. The monoisotopic (exact) mass is 242 g/mol. The Morgan fingerprint density at radius 3 is 2.00 bits per heavy atom. The summed E-state index contributed by atoms with van der Waals surface area (Å²) < 4.78 is 0. The molecule has 1 aromatic carbocycles. The fourth-order valence-corrected chi connectivity index (χ4v) is 2.02. The Bertz CT molecular complexity index is 585. The van der Waals surface area contributed by atoms with Crippen LogP contribution in [0.3, 0.4) is 0 Å². The minimum Gasteiger partial charge on any atom is -0.289 e. The van der Waals surface area contributed by atoms with Crippen LogP contribution in [0.2, 0.25) is 0 Å². The first kappa shape index (κ1) is 10.8. The van der Waals surface area contributed by atoms with Crippen molar-refractivity contribution in [3.8, 4) is 0 Å². The van der Waals surface area contributed by atoms with E-state index in [4.69, 9.17) is 0 Å². The molecule has 5 nitrogen and oxygen atoms in total. The molecule has 0 amide bonds. The smallest absolute Gasteiger partial charge is 0.189 e. The second-order valence-electron chi connectivity index (χ2n) is 3.93. The molecule has 90 valence electrons. The molecule has 3 rings (SSSR count). The average Bonchev–Trinajstić information content (AvgIpc) is 2.64. The Morgan fingerprint density at radius 1 is 0.889 bits per heavy atom. The molecule has 5 heteroatoms.